The fourth-order valence-electron chi connectivity index (χ4n) is 1.93. The summed E-state index contributed by atoms with van der Waals surface area (Å²) in [5, 5.41) is 16.5. The molecule has 0 spiro atoms. The summed E-state index contributed by atoms with van der Waals surface area (Å²) in [7, 11) is 0. The molecule has 1 aliphatic heterocycles. The Bertz CT molecular complexity index is 377. The first-order chi connectivity index (χ1) is 7.70. The summed E-state index contributed by atoms with van der Waals surface area (Å²) in [5.74, 6) is 1.07. The summed E-state index contributed by atoms with van der Waals surface area (Å²) in [6, 6.07) is 0. The zero-order valence-electron chi connectivity index (χ0n) is 8.60. The Kier molecular flexibility index (Phi) is 3.78. The van der Waals surface area contributed by atoms with Crippen LogP contribution in [-0.4, -0.2) is 40.0 Å². The second-order valence-corrected chi connectivity index (χ2v) is 4.50. The predicted octanol–water partition coefficient (Wildman–Crippen LogP) is 1.39. The van der Waals surface area contributed by atoms with Crippen LogP contribution in [0.4, 0.5) is 5.82 Å². The average molecular weight is 263 g/mol. The van der Waals surface area contributed by atoms with Crippen molar-refractivity contribution in [1.29, 1.82) is 0 Å². The van der Waals surface area contributed by atoms with Gasteiger partial charge in [0.05, 0.1) is 0 Å². The van der Waals surface area contributed by atoms with E-state index in [0.717, 1.165) is 25.9 Å². The molecule has 0 bridgehead atoms. The van der Waals surface area contributed by atoms with Gasteiger partial charge < -0.3 is 10.0 Å². The van der Waals surface area contributed by atoms with Crippen LogP contribution >= 0.6 is 23.2 Å². The molecule has 5 nitrogen and oxygen atoms in total. The second-order valence-electron chi connectivity index (χ2n) is 3.81. The Morgan fingerprint density at radius 3 is 2.94 bits per heavy atom. The van der Waals surface area contributed by atoms with Crippen LogP contribution in [0.1, 0.15) is 12.8 Å². The van der Waals surface area contributed by atoms with Crippen molar-refractivity contribution in [2.24, 2.45) is 5.92 Å². The molecule has 1 aromatic rings. The SMILES string of the molecule is OCCC1CCN(c2nc(Cl)nnc2Cl)C1. The first-order valence-electron chi connectivity index (χ1n) is 5.12. The van der Waals surface area contributed by atoms with Crippen molar-refractivity contribution in [2.45, 2.75) is 12.8 Å². The van der Waals surface area contributed by atoms with Crippen LogP contribution in [-0.2, 0) is 0 Å². The lowest BCUT2D eigenvalue weighted by Crippen LogP contribution is -2.22. The van der Waals surface area contributed by atoms with Crippen molar-refractivity contribution in [3.63, 3.8) is 0 Å². The molecule has 1 atom stereocenters. The molecule has 0 aliphatic carbocycles. The minimum absolute atomic E-state index is 0.102. The first kappa shape index (κ1) is 11.8. The fourth-order valence-corrected chi connectivity index (χ4v) is 2.25. The maximum absolute atomic E-state index is 8.88. The summed E-state index contributed by atoms with van der Waals surface area (Å²) in [6.07, 6.45) is 1.83. The molecule has 7 heteroatoms. The number of nitrogens with zero attached hydrogens (tertiary/aromatic N) is 4. The highest BCUT2D eigenvalue weighted by Gasteiger charge is 2.25. The van der Waals surface area contributed by atoms with Crippen molar-refractivity contribution in [3.05, 3.63) is 10.4 Å². The van der Waals surface area contributed by atoms with Crippen LogP contribution in [0, 0.1) is 5.92 Å². The van der Waals surface area contributed by atoms with E-state index < -0.39 is 0 Å². The third kappa shape index (κ3) is 2.53. The van der Waals surface area contributed by atoms with Gasteiger partial charge in [0.15, 0.2) is 11.0 Å². The van der Waals surface area contributed by atoms with Gasteiger partial charge in [0.1, 0.15) is 0 Å². The molecule has 1 aliphatic rings. The molecule has 88 valence electrons. The highest BCUT2D eigenvalue weighted by Crippen LogP contribution is 2.28. The number of aliphatic hydroxyl groups excluding tert-OH is 1. The molecule has 2 rings (SSSR count). The summed E-state index contributed by atoms with van der Waals surface area (Å²) in [6.45, 7) is 1.91. The van der Waals surface area contributed by atoms with Crippen molar-refractivity contribution < 1.29 is 5.11 Å². The molecule has 0 radical (unpaired) electrons. The molecular formula is C9H12Cl2N4O. The zero-order valence-corrected chi connectivity index (χ0v) is 10.1. The maximum Gasteiger partial charge on any atom is 0.245 e. The van der Waals surface area contributed by atoms with E-state index in [-0.39, 0.29) is 17.0 Å². The minimum Gasteiger partial charge on any atom is -0.396 e. The van der Waals surface area contributed by atoms with Crippen LogP contribution < -0.4 is 4.90 Å². The Balaban J connectivity index is 2.11. The molecular weight excluding hydrogens is 251 g/mol. The topological polar surface area (TPSA) is 62.1 Å². The smallest absolute Gasteiger partial charge is 0.245 e. The molecule has 1 fully saturated rings. The fraction of sp³-hybridized carbons (Fsp3) is 0.667. The van der Waals surface area contributed by atoms with Crippen LogP contribution in [0.2, 0.25) is 10.4 Å². The molecule has 16 heavy (non-hydrogen) atoms. The molecule has 0 saturated carbocycles. The normalized spacial score (nSPS) is 20.4. The molecule has 1 saturated heterocycles. The summed E-state index contributed by atoms with van der Waals surface area (Å²) < 4.78 is 0. The predicted molar refractivity (Wildman–Crippen MR) is 61.9 cm³/mol. The van der Waals surface area contributed by atoms with E-state index >= 15 is 0 Å². The van der Waals surface area contributed by atoms with Gasteiger partial charge in [0.2, 0.25) is 5.28 Å². The highest BCUT2D eigenvalue weighted by molar-refractivity contribution is 6.32. The first-order valence-corrected chi connectivity index (χ1v) is 5.88. The lowest BCUT2D eigenvalue weighted by Gasteiger charge is -2.17. The van der Waals surface area contributed by atoms with Gasteiger partial charge in [0, 0.05) is 19.7 Å². The van der Waals surface area contributed by atoms with E-state index in [2.05, 4.69) is 15.2 Å². The van der Waals surface area contributed by atoms with E-state index in [9.17, 15) is 0 Å². The molecule has 2 heterocycles. The third-order valence-electron chi connectivity index (χ3n) is 2.73. The zero-order chi connectivity index (χ0) is 11.5. The van der Waals surface area contributed by atoms with E-state index in [1.165, 1.54) is 0 Å². The number of halogens is 2. The average Bonchev–Trinajstić information content (AvgIpc) is 2.71. The Labute approximate surface area is 103 Å². The standard InChI is InChI=1S/C9H12Cl2N4O/c10-7-8(12-9(11)14-13-7)15-3-1-6(5-15)2-4-16/h6,16H,1-5H2. The summed E-state index contributed by atoms with van der Waals surface area (Å²) >= 11 is 11.6. The van der Waals surface area contributed by atoms with E-state index in [1.807, 2.05) is 4.90 Å². The van der Waals surface area contributed by atoms with Gasteiger partial charge in [-0.15, -0.1) is 10.2 Å². The Morgan fingerprint density at radius 2 is 2.19 bits per heavy atom. The molecule has 0 amide bonds. The Hall–Kier alpha value is -0.650. The molecule has 1 N–H and O–H groups in total. The van der Waals surface area contributed by atoms with Gasteiger partial charge in [-0.05, 0) is 30.4 Å². The van der Waals surface area contributed by atoms with Crippen LogP contribution in [0.15, 0.2) is 0 Å². The van der Waals surface area contributed by atoms with Crippen LogP contribution in [0.3, 0.4) is 0 Å². The lowest BCUT2D eigenvalue weighted by atomic mass is 10.1. The minimum atomic E-state index is 0.102. The van der Waals surface area contributed by atoms with Crippen LogP contribution in [0.5, 0.6) is 0 Å². The molecule has 1 unspecified atom stereocenters. The third-order valence-corrected chi connectivity index (χ3v) is 3.13. The summed E-state index contributed by atoms with van der Waals surface area (Å²) in [4.78, 5) is 6.10. The number of rotatable bonds is 3. The largest absolute Gasteiger partial charge is 0.396 e. The van der Waals surface area contributed by atoms with E-state index in [0.29, 0.717) is 11.7 Å². The van der Waals surface area contributed by atoms with Crippen molar-refractivity contribution in [3.8, 4) is 0 Å². The van der Waals surface area contributed by atoms with Crippen LogP contribution in [0.25, 0.3) is 0 Å². The quantitative estimate of drug-likeness (QED) is 0.892. The monoisotopic (exact) mass is 262 g/mol. The summed E-state index contributed by atoms with van der Waals surface area (Å²) in [5.41, 5.74) is 0. The number of aliphatic hydroxyl groups is 1. The number of anilines is 1. The molecule has 1 aromatic heterocycles. The van der Waals surface area contributed by atoms with E-state index in [4.69, 9.17) is 28.3 Å². The van der Waals surface area contributed by atoms with Crippen molar-refractivity contribution in [2.75, 3.05) is 24.6 Å². The second kappa shape index (κ2) is 5.12. The van der Waals surface area contributed by atoms with Gasteiger partial charge >= 0.3 is 0 Å². The van der Waals surface area contributed by atoms with Gasteiger partial charge in [-0.2, -0.15) is 4.98 Å². The number of hydrogen-bond donors (Lipinski definition) is 1. The van der Waals surface area contributed by atoms with Gasteiger partial charge in [-0.25, -0.2) is 0 Å². The highest BCUT2D eigenvalue weighted by atomic mass is 35.5. The van der Waals surface area contributed by atoms with E-state index in [1.54, 1.807) is 0 Å². The lowest BCUT2D eigenvalue weighted by molar-refractivity contribution is 0.263. The number of hydrogen-bond acceptors (Lipinski definition) is 5. The Morgan fingerprint density at radius 1 is 1.38 bits per heavy atom. The van der Waals surface area contributed by atoms with Gasteiger partial charge in [-0.1, -0.05) is 11.6 Å². The van der Waals surface area contributed by atoms with Gasteiger partial charge in [-0.3, -0.25) is 0 Å². The molecule has 0 aromatic carbocycles. The van der Waals surface area contributed by atoms with Crippen molar-refractivity contribution in [1.82, 2.24) is 15.2 Å². The maximum atomic E-state index is 8.88. The van der Waals surface area contributed by atoms with Gasteiger partial charge in [0.25, 0.3) is 0 Å². The number of aromatic nitrogens is 3. The van der Waals surface area contributed by atoms with Crippen molar-refractivity contribution >= 4 is 29.0 Å².